The molecule has 0 saturated carbocycles. The van der Waals surface area contributed by atoms with Gasteiger partial charge < -0.3 is 15.2 Å². The topological polar surface area (TPSA) is 74.4 Å². The number of hydrogen-bond acceptors (Lipinski definition) is 5. The summed E-state index contributed by atoms with van der Waals surface area (Å²) in [5, 5.41) is 0. The van der Waals surface area contributed by atoms with E-state index in [2.05, 4.69) is 4.98 Å². The molecular weight excluding hydrogens is 256 g/mol. The normalized spacial score (nSPS) is 10.3. The molecule has 2 N–H and O–H groups in total. The lowest BCUT2D eigenvalue weighted by molar-refractivity contribution is -0.143. The molecule has 0 aromatic carbocycles. The zero-order valence-electron chi connectivity index (χ0n) is 12.1. The Morgan fingerprint density at radius 3 is 2.80 bits per heavy atom. The molecule has 0 amide bonds. The zero-order valence-corrected chi connectivity index (χ0v) is 12.1. The monoisotopic (exact) mass is 280 g/mol. The Balaban J connectivity index is 2.07. The molecule has 0 unspecified atom stereocenters. The van der Waals surface area contributed by atoms with Gasteiger partial charge >= 0.3 is 5.97 Å². The van der Waals surface area contributed by atoms with Crippen molar-refractivity contribution in [2.75, 3.05) is 19.8 Å². The maximum Gasteiger partial charge on any atom is 0.305 e. The van der Waals surface area contributed by atoms with Crippen molar-refractivity contribution in [3.63, 3.8) is 0 Å². The van der Waals surface area contributed by atoms with Crippen LogP contribution in [0, 0.1) is 0 Å². The third kappa shape index (κ3) is 7.09. The largest absolute Gasteiger partial charge is 0.492 e. The number of esters is 1. The van der Waals surface area contributed by atoms with E-state index in [4.69, 9.17) is 15.2 Å². The van der Waals surface area contributed by atoms with Crippen LogP contribution in [-0.2, 0) is 16.0 Å². The average molecular weight is 280 g/mol. The summed E-state index contributed by atoms with van der Waals surface area (Å²) in [6.45, 7) is 3.52. The van der Waals surface area contributed by atoms with E-state index in [1.807, 2.05) is 19.1 Å². The van der Waals surface area contributed by atoms with Gasteiger partial charge in [-0.15, -0.1) is 0 Å². The lowest BCUT2D eigenvalue weighted by Gasteiger charge is -2.06. The quantitative estimate of drug-likeness (QED) is 0.524. The van der Waals surface area contributed by atoms with Crippen molar-refractivity contribution in [1.29, 1.82) is 0 Å². The minimum atomic E-state index is -0.117. The highest BCUT2D eigenvalue weighted by Crippen LogP contribution is 2.10. The fourth-order valence-electron chi connectivity index (χ4n) is 1.76. The first-order valence-corrected chi connectivity index (χ1v) is 7.19. The van der Waals surface area contributed by atoms with Gasteiger partial charge in [0.1, 0.15) is 5.75 Å². The minimum Gasteiger partial charge on any atom is -0.492 e. The summed E-state index contributed by atoms with van der Waals surface area (Å²) in [5.74, 6) is 0.657. The van der Waals surface area contributed by atoms with Crippen molar-refractivity contribution >= 4 is 5.97 Å². The van der Waals surface area contributed by atoms with E-state index in [9.17, 15) is 4.79 Å². The SMILES string of the molecule is CCOC(=O)CCCCCOc1ccc(CCN)nc1. The van der Waals surface area contributed by atoms with E-state index < -0.39 is 0 Å². The fraction of sp³-hybridized carbons (Fsp3) is 0.600. The Morgan fingerprint density at radius 1 is 1.30 bits per heavy atom. The summed E-state index contributed by atoms with van der Waals surface area (Å²) in [4.78, 5) is 15.4. The smallest absolute Gasteiger partial charge is 0.305 e. The molecule has 1 heterocycles. The highest BCUT2D eigenvalue weighted by Gasteiger charge is 2.01. The van der Waals surface area contributed by atoms with Gasteiger partial charge in [0.2, 0.25) is 0 Å². The van der Waals surface area contributed by atoms with E-state index >= 15 is 0 Å². The summed E-state index contributed by atoms with van der Waals surface area (Å²) in [6.07, 6.45) is 5.72. The number of hydrogen-bond donors (Lipinski definition) is 1. The average Bonchev–Trinajstić information content (AvgIpc) is 2.45. The molecule has 0 aliphatic heterocycles. The fourth-order valence-corrected chi connectivity index (χ4v) is 1.76. The Morgan fingerprint density at radius 2 is 2.15 bits per heavy atom. The maximum absolute atomic E-state index is 11.1. The molecule has 1 aromatic rings. The number of aromatic nitrogens is 1. The number of rotatable bonds is 10. The van der Waals surface area contributed by atoms with Crippen LogP contribution >= 0.6 is 0 Å². The van der Waals surface area contributed by atoms with Crippen molar-refractivity contribution in [3.8, 4) is 5.75 Å². The molecule has 0 fully saturated rings. The van der Waals surface area contributed by atoms with Crippen LogP contribution in [0.1, 0.15) is 38.3 Å². The van der Waals surface area contributed by atoms with Gasteiger partial charge in [0.15, 0.2) is 0 Å². The molecule has 20 heavy (non-hydrogen) atoms. The highest BCUT2D eigenvalue weighted by atomic mass is 16.5. The number of pyridine rings is 1. The molecule has 0 atom stereocenters. The van der Waals surface area contributed by atoms with E-state index in [1.165, 1.54) is 0 Å². The molecule has 112 valence electrons. The second-order valence-electron chi connectivity index (χ2n) is 4.49. The van der Waals surface area contributed by atoms with Crippen LogP contribution < -0.4 is 10.5 Å². The Bertz CT molecular complexity index is 379. The predicted octanol–water partition coefficient (Wildman–Crippen LogP) is 2.09. The van der Waals surface area contributed by atoms with Crippen LogP contribution in [-0.4, -0.2) is 30.7 Å². The molecule has 5 nitrogen and oxygen atoms in total. The Hall–Kier alpha value is -1.62. The van der Waals surface area contributed by atoms with Crippen LogP contribution in [0.25, 0.3) is 0 Å². The van der Waals surface area contributed by atoms with Gasteiger partial charge in [0.25, 0.3) is 0 Å². The van der Waals surface area contributed by atoms with Gasteiger partial charge in [-0.25, -0.2) is 0 Å². The van der Waals surface area contributed by atoms with Gasteiger partial charge in [-0.05, 0) is 44.9 Å². The predicted molar refractivity (Wildman–Crippen MR) is 77.6 cm³/mol. The van der Waals surface area contributed by atoms with Crippen molar-refractivity contribution in [2.45, 2.75) is 39.0 Å². The van der Waals surface area contributed by atoms with Crippen molar-refractivity contribution in [3.05, 3.63) is 24.0 Å². The second-order valence-corrected chi connectivity index (χ2v) is 4.49. The summed E-state index contributed by atoms with van der Waals surface area (Å²) < 4.78 is 10.4. The minimum absolute atomic E-state index is 0.117. The molecule has 1 rings (SSSR count). The molecule has 0 spiro atoms. The molecule has 0 saturated heterocycles. The molecule has 0 aliphatic carbocycles. The number of unbranched alkanes of at least 4 members (excludes halogenated alkanes) is 2. The lowest BCUT2D eigenvalue weighted by Crippen LogP contribution is -2.05. The standard InChI is InChI=1S/C15H24N2O3/c1-2-19-15(18)6-4-3-5-11-20-14-8-7-13(9-10-16)17-12-14/h7-8,12H,2-6,9-11,16H2,1H3. The third-order valence-corrected chi connectivity index (χ3v) is 2.80. The van der Waals surface area contributed by atoms with Gasteiger partial charge in [0, 0.05) is 18.5 Å². The number of ether oxygens (including phenoxy) is 2. The zero-order chi connectivity index (χ0) is 14.6. The number of carbonyl (C=O) groups excluding carboxylic acids is 1. The summed E-state index contributed by atoms with van der Waals surface area (Å²) >= 11 is 0. The van der Waals surface area contributed by atoms with E-state index in [1.54, 1.807) is 6.20 Å². The molecule has 5 heteroatoms. The third-order valence-electron chi connectivity index (χ3n) is 2.80. The van der Waals surface area contributed by atoms with Crippen molar-refractivity contribution in [1.82, 2.24) is 4.98 Å². The lowest BCUT2D eigenvalue weighted by atomic mass is 10.2. The van der Waals surface area contributed by atoms with E-state index in [-0.39, 0.29) is 5.97 Å². The van der Waals surface area contributed by atoms with E-state index in [0.717, 1.165) is 37.1 Å². The molecular formula is C15H24N2O3. The van der Waals surface area contributed by atoms with Gasteiger partial charge in [-0.1, -0.05) is 0 Å². The summed E-state index contributed by atoms with van der Waals surface area (Å²) in [5.41, 5.74) is 6.44. The number of carbonyl (C=O) groups is 1. The Labute approximate surface area is 120 Å². The molecule has 0 radical (unpaired) electrons. The van der Waals surface area contributed by atoms with E-state index in [0.29, 0.717) is 26.2 Å². The summed E-state index contributed by atoms with van der Waals surface area (Å²) in [7, 11) is 0. The van der Waals surface area contributed by atoms with Crippen LogP contribution in [0.4, 0.5) is 0 Å². The first-order chi connectivity index (χ1) is 9.76. The first kappa shape index (κ1) is 16.4. The number of nitrogens with zero attached hydrogens (tertiary/aromatic N) is 1. The summed E-state index contributed by atoms with van der Waals surface area (Å²) in [6, 6.07) is 3.85. The maximum atomic E-state index is 11.1. The van der Waals surface area contributed by atoms with Gasteiger partial charge in [-0.3, -0.25) is 9.78 Å². The number of nitrogens with two attached hydrogens (primary N) is 1. The van der Waals surface area contributed by atoms with Crippen LogP contribution in [0.5, 0.6) is 5.75 Å². The Kier molecular flexibility index (Phi) is 8.38. The van der Waals surface area contributed by atoms with Gasteiger partial charge in [-0.2, -0.15) is 0 Å². The van der Waals surface area contributed by atoms with Crippen LogP contribution in [0.15, 0.2) is 18.3 Å². The van der Waals surface area contributed by atoms with Crippen LogP contribution in [0.2, 0.25) is 0 Å². The highest BCUT2D eigenvalue weighted by molar-refractivity contribution is 5.69. The first-order valence-electron chi connectivity index (χ1n) is 7.19. The van der Waals surface area contributed by atoms with Crippen molar-refractivity contribution < 1.29 is 14.3 Å². The van der Waals surface area contributed by atoms with Gasteiger partial charge in [0.05, 0.1) is 19.4 Å². The van der Waals surface area contributed by atoms with Crippen LogP contribution in [0.3, 0.4) is 0 Å². The molecule has 0 bridgehead atoms. The van der Waals surface area contributed by atoms with Crippen molar-refractivity contribution in [2.24, 2.45) is 5.73 Å². The molecule has 0 aliphatic rings. The molecule has 1 aromatic heterocycles. The second kappa shape index (κ2) is 10.2.